The van der Waals surface area contributed by atoms with E-state index >= 15 is 0 Å². The fourth-order valence-electron chi connectivity index (χ4n) is 2.92. The van der Waals surface area contributed by atoms with Gasteiger partial charge < -0.3 is 14.2 Å². The van der Waals surface area contributed by atoms with Gasteiger partial charge in [0.2, 0.25) is 0 Å². The maximum Gasteiger partial charge on any atom is 0.257 e. The molecule has 6 nitrogen and oxygen atoms in total. The highest BCUT2D eigenvalue weighted by Gasteiger charge is 2.35. The first kappa shape index (κ1) is 17.1. The minimum Gasteiger partial charge on any atom is -0.497 e. The highest BCUT2D eigenvalue weighted by molar-refractivity contribution is 5.94. The zero-order chi connectivity index (χ0) is 19.0. The van der Waals surface area contributed by atoms with E-state index in [0.717, 1.165) is 29.5 Å². The molecule has 27 heavy (non-hydrogen) atoms. The number of aromatic nitrogens is 2. The van der Waals surface area contributed by atoms with Gasteiger partial charge in [0.1, 0.15) is 17.4 Å². The largest absolute Gasteiger partial charge is 0.497 e. The Balaban J connectivity index is 1.42. The third-order valence-corrected chi connectivity index (χ3v) is 4.42. The van der Waals surface area contributed by atoms with Crippen LogP contribution >= 0.6 is 0 Å². The second-order valence-corrected chi connectivity index (χ2v) is 6.25. The Morgan fingerprint density at radius 3 is 2.44 bits per heavy atom. The number of nitrogens with zero attached hydrogens (tertiary/aromatic N) is 3. The number of hydrogen-bond donors (Lipinski definition) is 0. The van der Waals surface area contributed by atoms with Crippen molar-refractivity contribution in [3.8, 4) is 17.2 Å². The van der Waals surface area contributed by atoms with Crippen LogP contribution in [0.2, 0.25) is 0 Å². The second kappa shape index (κ2) is 6.79. The molecule has 0 unspecified atom stereocenters. The maximum absolute atomic E-state index is 13.3. The Hall–Kier alpha value is -3.29. The van der Waals surface area contributed by atoms with Gasteiger partial charge in [0.05, 0.1) is 13.0 Å². The monoisotopic (exact) mass is 371 g/mol. The summed E-state index contributed by atoms with van der Waals surface area (Å²) in [5.74, 6) is -0.470. The number of halogens is 2. The van der Waals surface area contributed by atoms with Gasteiger partial charge in [0.25, 0.3) is 11.8 Å². The Morgan fingerprint density at radius 2 is 1.81 bits per heavy atom. The molecule has 1 aliphatic heterocycles. The van der Waals surface area contributed by atoms with E-state index in [2.05, 4.69) is 10.1 Å². The maximum atomic E-state index is 13.3. The summed E-state index contributed by atoms with van der Waals surface area (Å²) in [6.07, 6.45) is 0. The highest BCUT2D eigenvalue weighted by atomic mass is 19.1. The Kier molecular flexibility index (Phi) is 4.31. The predicted molar refractivity (Wildman–Crippen MR) is 91.3 cm³/mol. The van der Waals surface area contributed by atoms with Crippen molar-refractivity contribution in [1.29, 1.82) is 0 Å². The molecule has 0 saturated carbocycles. The van der Waals surface area contributed by atoms with Crippen molar-refractivity contribution >= 4 is 5.91 Å². The summed E-state index contributed by atoms with van der Waals surface area (Å²) in [4.78, 5) is 18.2. The quantitative estimate of drug-likeness (QED) is 0.704. The number of hydrogen-bond acceptors (Lipinski definition) is 5. The molecule has 1 saturated heterocycles. The van der Waals surface area contributed by atoms with Crippen LogP contribution < -0.4 is 4.74 Å². The normalized spacial score (nSPS) is 14.1. The Labute approximate surface area is 153 Å². The van der Waals surface area contributed by atoms with Crippen LogP contribution in [0.25, 0.3) is 11.5 Å². The fourth-order valence-corrected chi connectivity index (χ4v) is 2.92. The second-order valence-electron chi connectivity index (χ2n) is 6.25. The van der Waals surface area contributed by atoms with Crippen LogP contribution in [-0.2, 0) is 0 Å². The van der Waals surface area contributed by atoms with Crippen molar-refractivity contribution in [1.82, 2.24) is 15.0 Å². The summed E-state index contributed by atoms with van der Waals surface area (Å²) in [6.45, 7) is 0.719. The van der Waals surface area contributed by atoms with Crippen molar-refractivity contribution in [2.45, 2.75) is 5.92 Å². The van der Waals surface area contributed by atoms with Gasteiger partial charge in [-0.3, -0.25) is 4.79 Å². The molecule has 1 amide bonds. The standard InChI is InChI=1S/C19H15F2N3O3/c1-26-16-4-2-11(3-5-16)18-22-17(23-27-18)13-9-24(10-13)19(25)12-6-14(20)8-15(21)7-12/h2-8,13H,9-10H2,1H3. The van der Waals surface area contributed by atoms with Crippen LogP contribution in [0.3, 0.4) is 0 Å². The van der Waals surface area contributed by atoms with E-state index in [1.165, 1.54) is 4.90 Å². The lowest BCUT2D eigenvalue weighted by Crippen LogP contribution is -2.48. The number of carbonyl (C=O) groups excluding carboxylic acids is 1. The number of benzene rings is 2. The molecule has 4 rings (SSSR count). The number of methoxy groups -OCH3 is 1. The van der Waals surface area contributed by atoms with Crippen LogP contribution in [0.4, 0.5) is 8.78 Å². The van der Waals surface area contributed by atoms with Crippen molar-refractivity contribution in [2.24, 2.45) is 0 Å². The molecule has 138 valence electrons. The van der Waals surface area contributed by atoms with Crippen LogP contribution in [0.1, 0.15) is 22.1 Å². The van der Waals surface area contributed by atoms with Gasteiger partial charge in [-0.15, -0.1) is 0 Å². The molecule has 3 aromatic rings. The van der Waals surface area contributed by atoms with Crippen molar-refractivity contribution < 1.29 is 22.8 Å². The lowest BCUT2D eigenvalue weighted by molar-refractivity contribution is 0.0591. The predicted octanol–water partition coefficient (Wildman–Crippen LogP) is 3.26. The molecule has 0 atom stereocenters. The molecule has 0 spiro atoms. The molecule has 2 heterocycles. The van der Waals surface area contributed by atoms with E-state index in [0.29, 0.717) is 24.8 Å². The summed E-state index contributed by atoms with van der Waals surface area (Å²) in [5.41, 5.74) is 0.745. The van der Waals surface area contributed by atoms with Crippen molar-refractivity contribution in [2.75, 3.05) is 20.2 Å². The number of amides is 1. The number of carbonyl (C=O) groups is 1. The smallest absolute Gasteiger partial charge is 0.257 e. The molecule has 0 bridgehead atoms. The van der Waals surface area contributed by atoms with Crippen molar-refractivity contribution in [3.05, 3.63) is 65.5 Å². The van der Waals surface area contributed by atoms with E-state index in [4.69, 9.17) is 9.26 Å². The third-order valence-electron chi connectivity index (χ3n) is 4.42. The molecule has 1 aromatic heterocycles. The number of likely N-dealkylation sites (tertiary alicyclic amines) is 1. The highest BCUT2D eigenvalue weighted by Crippen LogP contribution is 2.29. The molecular weight excluding hydrogens is 356 g/mol. The number of ether oxygens (including phenoxy) is 1. The molecular formula is C19H15F2N3O3. The molecule has 0 radical (unpaired) electrons. The van der Waals surface area contributed by atoms with E-state index in [1.54, 1.807) is 19.2 Å². The van der Waals surface area contributed by atoms with Crippen LogP contribution in [-0.4, -0.2) is 41.1 Å². The van der Waals surface area contributed by atoms with Gasteiger partial charge in [-0.05, 0) is 36.4 Å². The Morgan fingerprint density at radius 1 is 1.15 bits per heavy atom. The molecule has 0 aliphatic carbocycles. The summed E-state index contributed by atoms with van der Waals surface area (Å²) in [5, 5.41) is 3.98. The number of rotatable bonds is 4. The van der Waals surface area contributed by atoms with Crippen LogP contribution in [0, 0.1) is 11.6 Å². The molecule has 1 fully saturated rings. The van der Waals surface area contributed by atoms with Gasteiger partial charge >= 0.3 is 0 Å². The van der Waals surface area contributed by atoms with Gasteiger partial charge in [-0.2, -0.15) is 4.98 Å². The first-order valence-corrected chi connectivity index (χ1v) is 8.27. The lowest BCUT2D eigenvalue weighted by Gasteiger charge is -2.37. The molecule has 1 aliphatic rings. The average Bonchev–Trinajstić information content (AvgIpc) is 3.09. The minimum absolute atomic E-state index is 0.0158. The Bertz CT molecular complexity index is 962. The average molecular weight is 371 g/mol. The van der Waals surface area contributed by atoms with Crippen molar-refractivity contribution in [3.63, 3.8) is 0 Å². The zero-order valence-corrected chi connectivity index (χ0v) is 14.4. The van der Waals surface area contributed by atoms with Gasteiger partial charge in [0.15, 0.2) is 5.82 Å². The van der Waals surface area contributed by atoms with E-state index < -0.39 is 17.5 Å². The minimum atomic E-state index is -0.780. The SMILES string of the molecule is COc1ccc(-c2nc(C3CN(C(=O)c4cc(F)cc(F)c4)C3)no2)cc1. The summed E-state index contributed by atoms with van der Waals surface area (Å²) in [7, 11) is 1.58. The van der Waals surface area contributed by atoms with Gasteiger partial charge in [-0.1, -0.05) is 5.16 Å². The molecule has 8 heteroatoms. The summed E-state index contributed by atoms with van der Waals surface area (Å²) in [6, 6.07) is 9.98. The lowest BCUT2D eigenvalue weighted by atomic mass is 9.98. The van der Waals surface area contributed by atoms with E-state index in [-0.39, 0.29) is 11.5 Å². The fraction of sp³-hybridized carbons (Fsp3) is 0.211. The summed E-state index contributed by atoms with van der Waals surface area (Å²) < 4.78 is 36.9. The first-order chi connectivity index (χ1) is 13.0. The topological polar surface area (TPSA) is 68.5 Å². The molecule has 2 aromatic carbocycles. The summed E-state index contributed by atoms with van der Waals surface area (Å²) >= 11 is 0. The van der Waals surface area contributed by atoms with E-state index in [1.807, 2.05) is 12.1 Å². The van der Waals surface area contributed by atoms with Crippen LogP contribution in [0.5, 0.6) is 5.75 Å². The molecule has 0 N–H and O–H groups in total. The first-order valence-electron chi connectivity index (χ1n) is 8.27. The zero-order valence-electron chi connectivity index (χ0n) is 14.4. The third kappa shape index (κ3) is 3.38. The van der Waals surface area contributed by atoms with Gasteiger partial charge in [-0.25, -0.2) is 8.78 Å². The van der Waals surface area contributed by atoms with E-state index in [9.17, 15) is 13.6 Å². The van der Waals surface area contributed by atoms with Crippen LogP contribution in [0.15, 0.2) is 47.0 Å². The van der Waals surface area contributed by atoms with Gasteiger partial charge in [0, 0.05) is 30.3 Å².